The van der Waals surface area contributed by atoms with Gasteiger partial charge in [-0.2, -0.15) is 0 Å². The summed E-state index contributed by atoms with van der Waals surface area (Å²) in [5.41, 5.74) is 0.780. The maximum atomic E-state index is 12.9. The Hall–Kier alpha value is -2.40. The smallest absolute Gasteiger partial charge is 0.314 e. The molecule has 0 N–H and O–H groups in total. The summed E-state index contributed by atoms with van der Waals surface area (Å²) >= 11 is 6.12. The maximum absolute atomic E-state index is 12.9. The molecule has 27 heavy (non-hydrogen) atoms. The van der Waals surface area contributed by atoms with Gasteiger partial charge in [0.05, 0.1) is 12.0 Å². The van der Waals surface area contributed by atoms with Gasteiger partial charge in [0.2, 0.25) is 0 Å². The van der Waals surface area contributed by atoms with Gasteiger partial charge in [-0.25, -0.2) is 0 Å². The van der Waals surface area contributed by atoms with E-state index in [1.807, 2.05) is 24.3 Å². The number of carbonyl (C=O) groups is 2. The molecule has 2 aromatic rings. The first kappa shape index (κ1) is 19.4. The molecule has 2 heterocycles. The standard InChI is InChI=1S/C21H23ClN2O3/c1-2-27-20(26)21(14-16-5-3-6-18(22)13-16)9-4-12-24(15-21)19(25)17-7-10-23-11-8-17/h3,5-8,10-11,13H,2,4,9,12,14-15H2,1H3/t21-/m1/s1. The summed E-state index contributed by atoms with van der Waals surface area (Å²) in [6, 6.07) is 10.9. The van der Waals surface area contributed by atoms with Crippen LogP contribution in [0.15, 0.2) is 48.8 Å². The first-order valence-corrected chi connectivity index (χ1v) is 9.53. The van der Waals surface area contributed by atoms with Gasteiger partial charge in [-0.1, -0.05) is 23.7 Å². The Labute approximate surface area is 164 Å². The summed E-state index contributed by atoms with van der Waals surface area (Å²) < 4.78 is 5.40. The molecule has 1 amide bonds. The molecule has 1 aliphatic rings. The summed E-state index contributed by atoms with van der Waals surface area (Å²) in [6.07, 6.45) is 5.12. The topological polar surface area (TPSA) is 59.5 Å². The zero-order valence-electron chi connectivity index (χ0n) is 15.4. The number of rotatable bonds is 5. The van der Waals surface area contributed by atoms with Crippen molar-refractivity contribution in [2.24, 2.45) is 5.41 Å². The van der Waals surface area contributed by atoms with Crippen LogP contribution in [-0.2, 0) is 16.0 Å². The molecule has 1 saturated heterocycles. The SMILES string of the molecule is CCOC(=O)[C@@]1(Cc2cccc(Cl)c2)CCCN(C(=O)c2ccncc2)C1. The number of carbonyl (C=O) groups excluding carboxylic acids is 2. The number of halogens is 1. The highest BCUT2D eigenvalue weighted by molar-refractivity contribution is 6.30. The highest BCUT2D eigenvalue weighted by Crippen LogP contribution is 2.36. The minimum Gasteiger partial charge on any atom is -0.466 e. The van der Waals surface area contributed by atoms with E-state index in [2.05, 4.69) is 4.98 Å². The Morgan fingerprint density at radius 1 is 1.26 bits per heavy atom. The van der Waals surface area contributed by atoms with Gasteiger partial charge in [0, 0.05) is 36.1 Å². The number of esters is 1. The van der Waals surface area contributed by atoms with Gasteiger partial charge in [-0.15, -0.1) is 0 Å². The molecule has 1 fully saturated rings. The van der Waals surface area contributed by atoms with Crippen molar-refractivity contribution < 1.29 is 14.3 Å². The lowest BCUT2D eigenvalue weighted by Crippen LogP contribution is -2.51. The number of ether oxygens (including phenoxy) is 1. The average Bonchev–Trinajstić information content (AvgIpc) is 2.68. The molecule has 0 unspecified atom stereocenters. The van der Waals surface area contributed by atoms with Crippen LogP contribution in [0.25, 0.3) is 0 Å². The van der Waals surface area contributed by atoms with Crippen LogP contribution in [0.4, 0.5) is 0 Å². The summed E-state index contributed by atoms with van der Waals surface area (Å²) in [6.45, 7) is 3.07. The monoisotopic (exact) mass is 386 g/mol. The predicted octanol–water partition coefficient (Wildman–Crippen LogP) is 3.76. The molecule has 142 valence electrons. The lowest BCUT2D eigenvalue weighted by Gasteiger charge is -2.41. The Balaban J connectivity index is 1.88. The fourth-order valence-electron chi connectivity index (χ4n) is 3.69. The second-order valence-electron chi connectivity index (χ2n) is 6.87. The van der Waals surface area contributed by atoms with Crippen LogP contribution in [0.2, 0.25) is 5.02 Å². The van der Waals surface area contributed by atoms with E-state index >= 15 is 0 Å². The number of piperidine rings is 1. The summed E-state index contributed by atoms with van der Waals surface area (Å²) in [5, 5.41) is 0.632. The maximum Gasteiger partial charge on any atom is 0.314 e. The van der Waals surface area contributed by atoms with E-state index in [-0.39, 0.29) is 11.9 Å². The lowest BCUT2D eigenvalue weighted by molar-refractivity contribution is -0.158. The second kappa shape index (κ2) is 8.53. The molecule has 5 nitrogen and oxygen atoms in total. The zero-order chi connectivity index (χ0) is 19.3. The number of hydrogen-bond donors (Lipinski definition) is 0. The largest absolute Gasteiger partial charge is 0.466 e. The first-order chi connectivity index (χ1) is 13.0. The van der Waals surface area contributed by atoms with Crippen LogP contribution in [-0.4, -0.2) is 41.5 Å². The molecular weight excluding hydrogens is 364 g/mol. The van der Waals surface area contributed by atoms with Crippen LogP contribution in [0.5, 0.6) is 0 Å². The van der Waals surface area contributed by atoms with Crippen LogP contribution in [0.3, 0.4) is 0 Å². The molecule has 3 rings (SSSR count). The van der Waals surface area contributed by atoms with Gasteiger partial charge in [0.25, 0.3) is 5.91 Å². The van der Waals surface area contributed by atoms with E-state index in [0.717, 1.165) is 12.0 Å². The normalized spacial score (nSPS) is 19.6. The minimum absolute atomic E-state index is 0.0862. The molecule has 0 spiro atoms. The van der Waals surface area contributed by atoms with Crippen molar-refractivity contribution in [2.75, 3.05) is 19.7 Å². The molecule has 0 bridgehead atoms. The van der Waals surface area contributed by atoms with Crippen molar-refractivity contribution in [3.8, 4) is 0 Å². The Morgan fingerprint density at radius 3 is 2.74 bits per heavy atom. The van der Waals surface area contributed by atoms with Gasteiger partial charge >= 0.3 is 5.97 Å². The van der Waals surface area contributed by atoms with Crippen molar-refractivity contribution in [2.45, 2.75) is 26.2 Å². The fraction of sp³-hybridized carbons (Fsp3) is 0.381. The van der Waals surface area contributed by atoms with E-state index in [1.165, 1.54) is 0 Å². The number of likely N-dealkylation sites (tertiary alicyclic amines) is 1. The molecule has 1 atom stereocenters. The fourth-order valence-corrected chi connectivity index (χ4v) is 3.90. The van der Waals surface area contributed by atoms with Crippen LogP contribution in [0.1, 0.15) is 35.7 Å². The molecule has 1 aliphatic heterocycles. The predicted molar refractivity (Wildman–Crippen MR) is 104 cm³/mol. The summed E-state index contributed by atoms with van der Waals surface area (Å²) in [7, 11) is 0. The van der Waals surface area contributed by atoms with Crippen LogP contribution in [0, 0.1) is 5.41 Å². The van der Waals surface area contributed by atoms with Gasteiger partial charge in [-0.05, 0) is 56.0 Å². The molecule has 1 aromatic carbocycles. The molecular formula is C21H23ClN2O3. The van der Waals surface area contributed by atoms with Gasteiger partial charge in [0.1, 0.15) is 0 Å². The number of aromatic nitrogens is 1. The van der Waals surface area contributed by atoms with Crippen LogP contribution >= 0.6 is 11.6 Å². The quantitative estimate of drug-likeness (QED) is 0.734. The Bertz CT molecular complexity index is 812. The third-order valence-corrected chi connectivity index (χ3v) is 5.17. The van der Waals surface area contributed by atoms with E-state index in [0.29, 0.717) is 43.1 Å². The number of benzene rings is 1. The molecule has 0 aliphatic carbocycles. The number of pyridine rings is 1. The van der Waals surface area contributed by atoms with E-state index in [9.17, 15) is 9.59 Å². The van der Waals surface area contributed by atoms with Gasteiger partial charge in [-0.3, -0.25) is 14.6 Å². The highest BCUT2D eigenvalue weighted by Gasteiger charge is 2.44. The van der Waals surface area contributed by atoms with E-state index in [1.54, 1.807) is 36.4 Å². The summed E-state index contributed by atoms with van der Waals surface area (Å²) in [5.74, 6) is -0.339. The van der Waals surface area contributed by atoms with Crippen molar-refractivity contribution in [3.05, 3.63) is 64.9 Å². The molecule has 0 saturated carbocycles. The number of hydrogen-bond acceptors (Lipinski definition) is 4. The Kier molecular flexibility index (Phi) is 6.11. The van der Waals surface area contributed by atoms with Gasteiger partial charge < -0.3 is 9.64 Å². The van der Waals surface area contributed by atoms with Gasteiger partial charge in [0.15, 0.2) is 0 Å². The molecule has 6 heteroatoms. The van der Waals surface area contributed by atoms with Crippen LogP contribution < -0.4 is 0 Å². The second-order valence-corrected chi connectivity index (χ2v) is 7.31. The third-order valence-electron chi connectivity index (χ3n) is 4.93. The highest BCUT2D eigenvalue weighted by atomic mass is 35.5. The van der Waals surface area contributed by atoms with Crippen molar-refractivity contribution in [3.63, 3.8) is 0 Å². The molecule has 1 aromatic heterocycles. The number of nitrogens with zero attached hydrogens (tertiary/aromatic N) is 2. The van der Waals surface area contributed by atoms with Crippen molar-refractivity contribution in [1.82, 2.24) is 9.88 Å². The third kappa shape index (κ3) is 4.48. The molecule has 0 radical (unpaired) electrons. The average molecular weight is 387 g/mol. The number of amides is 1. The van der Waals surface area contributed by atoms with E-state index < -0.39 is 5.41 Å². The summed E-state index contributed by atoms with van der Waals surface area (Å²) in [4.78, 5) is 31.5. The van der Waals surface area contributed by atoms with E-state index in [4.69, 9.17) is 16.3 Å². The zero-order valence-corrected chi connectivity index (χ0v) is 16.1. The first-order valence-electron chi connectivity index (χ1n) is 9.15. The lowest BCUT2D eigenvalue weighted by atomic mass is 9.75. The van der Waals surface area contributed by atoms with Crippen molar-refractivity contribution >= 4 is 23.5 Å². The van der Waals surface area contributed by atoms with Crippen molar-refractivity contribution in [1.29, 1.82) is 0 Å². The Morgan fingerprint density at radius 2 is 2.04 bits per heavy atom. The minimum atomic E-state index is -0.762.